The second-order valence-corrected chi connectivity index (χ2v) is 2.60. The number of aromatic nitrogens is 1. The predicted molar refractivity (Wildman–Crippen MR) is 41.5 cm³/mol. The lowest BCUT2D eigenvalue weighted by Crippen LogP contribution is -1.98. The van der Waals surface area contributed by atoms with E-state index in [-0.39, 0.29) is 6.61 Å². The standard InChI is InChI=1S/C8H9F2NO2/c1-4-5(3-12)2-6(13)7(11-4)8(9)10/h2,8,12-13H,3H2,1H3. The van der Waals surface area contributed by atoms with Gasteiger partial charge in [-0.1, -0.05) is 0 Å². The fourth-order valence-corrected chi connectivity index (χ4v) is 0.974. The van der Waals surface area contributed by atoms with Gasteiger partial charge in [-0.25, -0.2) is 13.8 Å². The smallest absolute Gasteiger partial charge is 0.284 e. The van der Waals surface area contributed by atoms with Crippen molar-refractivity contribution in [2.24, 2.45) is 0 Å². The molecule has 2 N–H and O–H groups in total. The van der Waals surface area contributed by atoms with Crippen LogP contribution in [0, 0.1) is 6.92 Å². The first-order valence-corrected chi connectivity index (χ1v) is 3.64. The van der Waals surface area contributed by atoms with Crippen molar-refractivity contribution in [2.45, 2.75) is 20.0 Å². The van der Waals surface area contributed by atoms with E-state index >= 15 is 0 Å². The maximum Gasteiger partial charge on any atom is 0.284 e. The van der Waals surface area contributed by atoms with Crippen LogP contribution in [0.4, 0.5) is 8.78 Å². The van der Waals surface area contributed by atoms with Crippen molar-refractivity contribution >= 4 is 0 Å². The minimum atomic E-state index is -2.80. The summed E-state index contributed by atoms with van der Waals surface area (Å²) in [6.45, 7) is 1.17. The second kappa shape index (κ2) is 3.66. The molecule has 1 aromatic rings. The van der Waals surface area contributed by atoms with Gasteiger partial charge < -0.3 is 10.2 Å². The molecule has 0 unspecified atom stereocenters. The molecule has 0 fully saturated rings. The number of hydrogen-bond acceptors (Lipinski definition) is 3. The molecule has 1 aromatic heterocycles. The van der Waals surface area contributed by atoms with Gasteiger partial charge in [-0.15, -0.1) is 0 Å². The molecule has 0 amide bonds. The Labute approximate surface area is 73.7 Å². The van der Waals surface area contributed by atoms with Crippen LogP contribution in [-0.4, -0.2) is 15.2 Å². The van der Waals surface area contributed by atoms with E-state index in [2.05, 4.69) is 4.98 Å². The van der Waals surface area contributed by atoms with Crippen LogP contribution in [0.2, 0.25) is 0 Å². The molecular weight excluding hydrogens is 180 g/mol. The molecule has 0 aromatic carbocycles. The zero-order chi connectivity index (χ0) is 10.0. The van der Waals surface area contributed by atoms with Crippen molar-refractivity contribution in [3.8, 4) is 5.75 Å². The van der Waals surface area contributed by atoms with E-state index in [0.29, 0.717) is 11.3 Å². The quantitative estimate of drug-likeness (QED) is 0.741. The summed E-state index contributed by atoms with van der Waals surface area (Å²) in [5.74, 6) is -0.579. The zero-order valence-corrected chi connectivity index (χ0v) is 6.96. The van der Waals surface area contributed by atoms with Crippen molar-refractivity contribution in [1.29, 1.82) is 0 Å². The molecule has 0 bridgehead atoms. The Kier molecular flexibility index (Phi) is 2.77. The maximum absolute atomic E-state index is 12.2. The molecule has 0 aliphatic rings. The van der Waals surface area contributed by atoms with Crippen LogP contribution in [0.15, 0.2) is 6.07 Å². The Bertz CT molecular complexity index is 315. The third-order valence-electron chi connectivity index (χ3n) is 1.70. The summed E-state index contributed by atoms with van der Waals surface area (Å²) in [7, 11) is 0. The summed E-state index contributed by atoms with van der Waals surface area (Å²) in [5, 5.41) is 17.8. The van der Waals surface area contributed by atoms with Gasteiger partial charge in [-0.3, -0.25) is 0 Å². The lowest BCUT2D eigenvalue weighted by Gasteiger charge is -2.07. The molecule has 0 saturated carbocycles. The number of alkyl halides is 2. The Balaban J connectivity index is 3.20. The fraction of sp³-hybridized carbons (Fsp3) is 0.375. The summed E-state index contributed by atoms with van der Waals surface area (Å²) in [5.41, 5.74) is 0.00667. The van der Waals surface area contributed by atoms with E-state index in [4.69, 9.17) is 10.2 Å². The molecule has 0 spiro atoms. The van der Waals surface area contributed by atoms with Crippen molar-refractivity contribution in [3.05, 3.63) is 23.0 Å². The number of pyridine rings is 1. The highest BCUT2D eigenvalue weighted by molar-refractivity contribution is 5.34. The highest BCUT2D eigenvalue weighted by atomic mass is 19.3. The van der Waals surface area contributed by atoms with Gasteiger partial charge in [0.25, 0.3) is 6.43 Å². The Morgan fingerprint density at radius 3 is 2.62 bits per heavy atom. The van der Waals surface area contributed by atoms with E-state index in [9.17, 15) is 8.78 Å². The average molecular weight is 189 g/mol. The fourth-order valence-electron chi connectivity index (χ4n) is 0.974. The summed E-state index contributed by atoms with van der Waals surface area (Å²) in [4.78, 5) is 3.48. The van der Waals surface area contributed by atoms with Crippen molar-refractivity contribution in [2.75, 3.05) is 0 Å². The molecule has 0 aliphatic carbocycles. The number of halogens is 2. The van der Waals surface area contributed by atoms with E-state index in [1.165, 1.54) is 6.92 Å². The minimum absolute atomic E-state index is 0.301. The Hall–Kier alpha value is -1.23. The average Bonchev–Trinajstić information content (AvgIpc) is 2.07. The Morgan fingerprint density at radius 1 is 1.54 bits per heavy atom. The third-order valence-corrected chi connectivity index (χ3v) is 1.70. The lowest BCUT2D eigenvalue weighted by atomic mass is 10.2. The van der Waals surface area contributed by atoms with Gasteiger partial charge in [0.15, 0.2) is 0 Å². The molecule has 0 aliphatic heterocycles. The molecule has 3 nitrogen and oxygen atoms in total. The normalized spacial score (nSPS) is 10.8. The Morgan fingerprint density at radius 2 is 2.15 bits per heavy atom. The summed E-state index contributed by atoms with van der Waals surface area (Å²) >= 11 is 0. The first-order valence-electron chi connectivity index (χ1n) is 3.64. The molecule has 72 valence electrons. The first-order chi connectivity index (χ1) is 6.06. The first kappa shape index (κ1) is 9.85. The highest BCUT2D eigenvalue weighted by Gasteiger charge is 2.16. The van der Waals surface area contributed by atoms with Crippen LogP contribution < -0.4 is 0 Å². The monoisotopic (exact) mass is 189 g/mol. The van der Waals surface area contributed by atoms with Crippen LogP contribution >= 0.6 is 0 Å². The van der Waals surface area contributed by atoms with E-state index in [1.54, 1.807) is 0 Å². The van der Waals surface area contributed by atoms with Gasteiger partial charge in [-0.05, 0) is 13.0 Å². The number of rotatable bonds is 2. The SMILES string of the molecule is Cc1nc(C(F)F)c(O)cc1CO. The van der Waals surface area contributed by atoms with Crippen molar-refractivity contribution < 1.29 is 19.0 Å². The van der Waals surface area contributed by atoms with Crippen LogP contribution in [0.5, 0.6) is 5.75 Å². The molecule has 1 rings (SSSR count). The van der Waals surface area contributed by atoms with Crippen LogP contribution in [0.25, 0.3) is 0 Å². The van der Waals surface area contributed by atoms with Crippen LogP contribution in [0.1, 0.15) is 23.4 Å². The number of aromatic hydroxyl groups is 1. The van der Waals surface area contributed by atoms with E-state index in [0.717, 1.165) is 6.07 Å². The van der Waals surface area contributed by atoms with Crippen molar-refractivity contribution in [1.82, 2.24) is 4.98 Å². The second-order valence-electron chi connectivity index (χ2n) is 2.60. The van der Waals surface area contributed by atoms with Crippen LogP contribution in [-0.2, 0) is 6.61 Å². The van der Waals surface area contributed by atoms with Crippen molar-refractivity contribution in [3.63, 3.8) is 0 Å². The molecule has 1 heterocycles. The number of hydrogen-bond donors (Lipinski definition) is 2. The topological polar surface area (TPSA) is 53.4 Å². The van der Waals surface area contributed by atoms with Gasteiger partial charge in [0.1, 0.15) is 11.4 Å². The van der Waals surface area contributed by atoms with Gasteiger partial charge in [-0.2, -0.15) is 0 Å². The van der Waals surface area contributed by atoms with Gasteiger partial charge in [0.05, 0.1) is 6.61 Å². The number of nitrogens with zero attached hydrogens (tertiary/aromatic N) is 1. The summed E-state index contributed by atoms with van der Waals surface area (Å²) in [6.07, 6.45) is -2.80. The molecular formula is C8H9F2NO2. The number of aliphatic hydroxyl groups excluding tert-OH is 1. The number of aryl methyl sites for hydroxylation is 1. The summed E-state index contributed by atoms with van der Waals surface area (Å²) < 4.78 is 24.3. The number of aliphatic hydroxyl groups is 1. The maximum atomic E-state index is 12.2. The zero-order valence-electron chi connectivity index (χ0n) is 6.96. The van der Waals surface area contributed by atoms with Gasteiger partial charge in [0.2, 0.25) is 0 Å². The minimum Gasteiger partial charge on any atom is -0.506 e. The molecule has 0 atom stereocenters. The predicted octanol–water partition coefficient (Wildman–Crippen LogP) is 1.53. The van der Waals surface area contributed by atoms with E-state index < -0.39 is 17.9 Å². The molecule has 0 saturated heterocycles. The highest BCUT2D eigenvalue weighted by Crippen LogP contribution is 2.27. The molecule has 13 heavy (non-hydrogen) atoms. The third kappa shape index (κ3) is 1.92. The summed E-state index contributed by atoms with van der Waals surface area (Å²) in [6, 6.07) is 1.10. The van der Waals surface area contributed by atoms with Crippen LogP contribution in [0.3, 0.4) is 0 Å². The largest absolute Gasteiger partial charge is 0.506 e. The molecule has 5 heteroatoms. The van der Waals surface area contributed by atoms with Gasteiger partial charge >= 0.3 is 0 Å². The van der Waals surface area contributed by atoms with E-state index in [1.807, 2.05) is 0 Å². The van der Waals surface area contributed by atoms with Gasteiger partial charge in [0, 0.05) is 11.3 Å². The molecule has 0 radical (unpaired) electrons. The lowest BCUT2D eigenvalue weighted by molar-refractivity contribution is 0.141.